The van der Waals surface area contributed by atoms with Crippen LogP contribution in [-0.2, 0) is 33.3 Å². The molecule has 3 aromatic rings. The zero-order chi connectivity index (χ0) is 31.2. The summed E-state index contributed by atoms with van der Waals surface area (Å²) < 4.78 is 42.2. The summed E-state index contributed by atoms with van der Waals surface area (Å²) in [6.45, 7) is 2.00. The molecule has 230 valence electrons. The number of ether oxygens (including phenoxy) is 2. The molecule has 6 rings (SSSR count). The van der Waals surface area contributed by atoms with Crippen molar-refractivity contribution in [1.82, 2.24) is 19.8 Å². The molecule has 3 amide bonds. The summed E-state index contributed by atoms with van der Waals surface area (Å²) in [7, 11) is 1.52. The van der Waals surface area contributed by atoms with Gasteiger partial charge in [-0.2, -0.15) is 8.78 Å². The number of nitrogens with zero attached hydrogens (tertiary/aromatic N) is 4. The van der Waals surface area contributed by atoms with E-state index in [2.05, 4.69) is 15.3 Å². The molecular formula is C31H30ClF2N5O5. The number of carbonyl (C=O) groups is 3. The standard InChI is InChI=1S/C31H30ClF2N5O5/c1-18(19-6-5-7-20(14-19)31(33,34)17-39-26(40)21-8-3-4-9-22(21)27(39)41)35-25-23-15-38(16-24(23)36-29(32)37-25)28(42)30(43-2)10-12-44-13-11-30/h3-9,14,18H,10-13,15-17H2,1-2H3,(H,35,36,37)/t18-/m1/s1. The molecule has 4 heterocycles. The van der Waals surface area contributed by atoms with E-state index in [0.717, 1.165) is 0 Å². The van der Waals surface area contributed by atoms with Crippen LogP contribution >= 0.6 is 11.6 Å². The Morgan fingerprint density at radius 3 is 2.43 bits per heavy atom. The van der Waals surface area contributed by atoms with Gasteiger partial charge in [-0.3, -0.25) is 19.3 Å². The first-order chi connectivity index (χ1) is 21.0. The molecule has 0 radical (unpaired) electrons. The van der Waals surface area contributed by atoms with E-state index in [-0.39, 0.29) is 41.0 Å². The summed E-state index contributed by atoms with van der Waals surface area (Å²) in [4.78, 5) is 49.9. The lowest BCUT2D eigenvalue weighted by molar-refractivity contribution is -0.167. The maximum Gasteiger partial charge on any atom is 0.290 e. The number of benzene rings is 2. The van der Waals surface area contributed by atoms with Gasteiger partial charge in [0.2, 0.25) is 5.28 Å². The Bertz CT molecular complexity index is 1610. The average molecular weight is 626 g/mol. The highest BCUT2D eigenvalue weighted by atomic mass is 35.5. The third kappa shape index (κ3) is 5.31. The Kier molecular flexibility index (Phi) is 7.85. The Hall–Kier alpha value is -4.00. The molecule has 0 aliphatic carbocycles. The molecule has 1 aromatic heterocycles. The maximum absolute atomic E-state index is 15.6. The van der Waals surface area contributed by atoms with E-state index in [1.54, 1.807) is 30.0 Å². The van der Waals surface area contributed by atoms with Crippen molar-refractivity contribution in [2.24, 2.45) is 0 Å². The fourth-order valence-corrected chi connectivity index (χ4v) is 6.17. The minimum atomic E-state index is -3.51. The van der Waals surface area contributed by atoms with Crippen molar-refractivity contribution in [1.29, 1.82) is 0 Å². The molecule has 0 bridgehead atoms. The van der Waals surface area contributed by atoms with Gasteiger partial charge in [-0.25, -0.2) is 9.97 Å². The first-order valence-electron chi connectivity index (χ1n) is 14.2. The van der Waals surface area contributed by atoms with Gasteiger partial charge in [0.1, 0.15) is 5.82 Å². The molecule has 44 heavy (non-hydrogen) atoms. The van der Waals surface area contributed by atoms with E-state index in [0.29, 0.717) is 53.6 Å². The van der Waals surface area contributed by atoms with Crippen LogP contribution in [0.1, 0.15) is 68.9 Å². The number of imide groups is 1. The molecule has 1 N–H and O–H groups in total. The second kappa shape index (κ2) is 11.5. The Labute approximate surface area is 257 Å². The predicted octanol–water partition coefficient (Wildman–Crippen LogP) is 4.73. The lowest BCUT2D eigenvalue weighted by Gasteiger charge is -2.37. The summed E-state index contributed by atoms with van der Waals surface area (Å²) in [6.07, 6.45) is 0.884. The van der Waals surface area contributed by atoms with E-state index in [1.807, 2.05) is 0 Å². The van der Waals surface area contributed by atoms with Gasteiger partial charge in [0.25, 0.3) is 23.6 Å². The van der Waals surface area contributed by atoms with Crippen LogP contribution < -0.4 is 5.32 Å². The molecule has 3 aliphatic rings. The number of hydrogen-bond acceptors (Lipinski definition) is 8. The van der Waals surface area contributed by atoms with E-state index >= 15 is 8.78 Å². The van der Waals surface area contributed by atoms with Crippen LogP contribution in [0.25, 0.3) is 0 Å². The Morgan fingerprint density at radius 2 is 1.77 bits per heavy atom. The van der Waals surface area contributed by atoms with Crippen molar-refractivity contribution in [2.45, 2.75) is 50.4 Å². The second-order valence-electron chi connectivity index (χ2n) is 11.2. The number of aromatic nitrogens is 2. The van der Waals surface area contributed by atoms with E-state index in [1.165, 1.54) is 37.4 Å². The molecule has 2 aromatic carbocycles. The minimum absolute atomic E-state index is 0.0125. The monoisotopic (exact) mass is 625 g/mol. The molecule has 13 heteroatoms. The summed E-state index contributed by atoms with van der Waals surface area (Å²) >= 11 is 6.25. The van der Waals surface area contributed by atoms with Crippen molar-refractivity contribution in [3.8, 4) is 0 Å². The lowest BCUT2D eigenvalue weighted by atomic mass is 9.92. The zero-order valence-electron chi connectivity index (χ0n) is 24.1. The number of rotatable bonds is 8. The van der Waals surface area contributed by atoms with E-state index < -0.39 is 35.9 Å². The number of amides is 3. The topological polar surface area (TPSA) is 114 Å². The molecule has 1 fully saturated rings. The van der Waals surface area contributed by atoms with E-state index in [4.69, 9.17) is 21.1 Å². The molecule has 0 saturated carbocycles. The summed E-state index contributed by atoms with van der Waals surface area (Å²) in [6, 6.07) is 11.3. The Balaban J connectivity index is 1.19. The van der Waals surface area contributed by atoms with Crippen LogP contribution in [0.2, 0.25) is 5.28 Å². The second-order valence-corrected chi connectivity index (χ2v) is 11.5. The smallest absolute Gasteiger partial charge is 0.290 e. The minimum Gasteiger partial charge on any atom is -0.381 e. The average Bonchev–Trinajstić information content (AvgIpc) is 3.56. The number of carbonyl (C=O) groups excluding carboxylic acids is 3. The van der Waals surface area contributed by atoms with Gasteiger partial charge < -0.3 is 19.7 Å². The van der Waals surface area contributed by atoms with Crippen LogP contribution in [0.3, 0.4) is 0 Å². The van der Waals surface area contributed by atoms with Crippen LogP contribution in [0.4, 0.5) is 14.6 Å². The Morgan fingerprint density at radius 1 is 1.09 bits per heavy atom. The van der Waals surface area contributed by atoms with Gasteiger partial charge in [-0.05, 0) is 42.3 Å². The molecule has 0 spiro atoms. The van der Waals surface area contributed by atoms with Gasteiger partial charge in [0.15, 0.2) is 5.60 Å². The van der Waals surface area contributed by atoms with Crippen molar-refractivity contribution in [2.75, 3.05) is 32.2 Å². The van der Waals surface area contributed by atoms with Crippen LogP contribution in [-0.4, -0.2) is 70.0 Å². The lowest BCUT2D eigenvalue weighted by Crippen LogP contribution is -2.51. The highest BCUT2D eigenvalue weighted by Crippen LogP contribution is 2.37. The maximum atomic E-state index is 15.6. The first kappa shape index (κ1) is 30.0. The predicted molar refractivity (Wildman–Crippen MR) is 155 cm³/mol. The summed E-state index contributed by atoms with van der Waals surface area (Å²) in [5.74, 6) is -4.77. The molecule has 3 aliphatic heterocycles. The molecule has 1 saturated heterocycles. The number of nitrogens with one attached hydrogen (secondary N) is 1. The number of halogens is 3. The number of methoxy groups -OCH3 is 1. The van der Waals surface area contributed by atoms with Crippen molar-refractivity contribution < 1.29 is 32.6 Å². The van der Waals surface area contributed by atoms with E-state index in [9.17, 15) is 14.4 Å². The fourth-order valence-electron chi connectivity index (χ4n) is 5.98. The van der Waals surface area contributed by atoms with Gasteiger partial charge in [0.05, 0.1) is 36.5 Å². The normalized spacial score (nSPS) is 18.3. The molecule has 0 unspecified atom stereocenters. The molecular weight excluding hydrogens is 596 g/mol. The zero-order valence-corrected chi connectivity index (χ0v) is 24.9. The highest BCUT2D eigenvalue weighted by Gasteiger charge is 2.46. The van der Waals surface area contributed by atoms with Crippen LogP contribution in [0.15, 0.2) is 48.5 Å². The largest absolute Gasteiger partial charge is 0.381 e. The number of fused-ring (bicyclic) bond motifs is 2. The van der Waals surface area contributed by atoms with Crippen molar-refractivity contribution in [3.05, 3.63) is 87.3 Å². The number of hydrogen-bond donors (Lipinski definition) is 1. The van der Waals surface area contributed by atoms with Crippen LogP contribution in [0.5, 0.6) is 0 Å². The van der Waals surface area contributed by atoms with Crippen LogP contribution in [0, 0.1) is 0 Å². The summed E-state index contributed by atoms with van der Waals surface area (Å²) in [5.41, 5.74) is 0.691. The highest BCUT2D eigenvalue weighted by molar-refractivity contribution is 6.28. The van der Waals surface area contributed by atoms with Gasteiger partial charge in [0, 0.05) is 50.3 Å². The van der Waals surface area contributed by atoms with Crippen molar-refractivity contribution >= 4 is 35.1 Å². The quantitative estimate of drug-likeness (QED) is 0.282. The van der Waals surface area contributed by atoms with Gasteiger partial charge in [-0.1, -0.05) is 30.3 Å². The first-order valence-corrected chi connectivity index (χ1v) is 14.6. The number of alkyl halides is 2. The third-order valence-corrected chi connectivity index (χ3v) is 8.69. The van der Waals surface area contributed by atoms with Gasteiger partial charge >= 0.3 is 0 Å². The summed E-state index contributed by atoms with van der Waals surface area (Å²) in [5, 5.41) is 3.24. The molecule has 10 nitrogen and oxygen atoms in total. The number of anilines is 1. The van der Waals surface area contributed by atoms with Crippen molar-refractivity contribution in [3.63, 3.8) is 0 Å². The van der Waals surface area contributed by atoms with Gasteiger partial charge in [-0.15, -0.1) is 0 Å². The molecule has 1 atom stereocenters. The third-order valence-electron chi connectivity index (χ3n) is 8.52. The SMILES string of the molecule is COC1(C(=O)N2Cc3nc(Cl)nc(N[C@H](C)c4cccc(C(F)(F)CN5C(=O)c6ccccc6C5=O)c4)c3C2)CCOCC1. The fraction of sp³-hybridized carbons (Fsp3) is 0.387.